The fraction of sp³-hybridized carbons (Fsp3) is 0.421. The van der Waals surface area contributed by atoms with Crippen molar-refractivity contribution in [3.63, 3.8) is 0 Å². The number of benzene rings is 1. The molecule has 6 nitrogen and oxygen atoms in total. The first kappa shape index (κ1) is 17.0. The first-order valence-corrected chi connectivity index (χ1v) is 9.91. The lowest BCUT2D eigenvalue weighted by Crippen LogP contribution is -2.43. The maximum atomic E-state index is 12.2. The second-order valence-corrected chi connectivity index (χ2v) is 7.72. The Morgan fingerprint density at radius 1 is 1.35 bits per heavy atom. The zero-order chi connectivity index (χ0) is 18.1. The molecule has 1 aromatic carbocycles. The molecule has 1 aliphatic heterocycles. The molecule has 0 unspecified atom stereocenters. The highest BCUT2D eigenvalue weighted by Crippen LogP contribution is 2.29. The summed E-state index contributed by atoms with van der Waals surface area (Å²) in [6, 6.07) is 8.36. The number of carbonyl (C=O) groups excluding carboxylic acids is 1. The van der Waals surface area contributed by atoms with Crippen molar-refractivity contribution in [1.29, 1.82) is 0 Å². The van der Waals surface area contributed by atoms with Crippen LogP contribution in [0.25, 0.3) is 16.2 Å². The van der Waals surface area contributed by atoms with Crippen LogP contribution in [0.4, 0.5) is 5.13 Å². The molecule has 1 atom stereocenters. The van der Waals surface area contributed by atoms with Gasteiger partial charge in [0.1, 0.15) is 0 Å². The molecule has 3 heterocycles. The van der Waals surface area contributed by atoms with Gasteiger partial charge < -0.3 is 10.2 Å². The number of aryl methyl sites for hydroxylation is 1. The van der Waals surface area contributed by atoms with E-state index in [0.29, 0.717) is 6.54 Å². The maximum absolute atomic E-state index is 12.2. The van der Waals surface area contributed by atoms with Gasteiger partial charge in [0.05, 0.1) is 17.8 Å². The molecule has 1 saturated heterocycles. The van der Waals surface area contributed by atoms with Gasteiger partial charge in [-0.3, -0.25) is 4.79 Å². The average molecular weight is 369 g/mol. The minimum atomic E-state index is 0.0445. The van der Waals surface area contributed by atoms with Crippen molar-refractivity contribution in [3.05, 3.63) is 36.0 Å². The normalized spacial score (nSPS) is 17.6. The summed E-state index contributed by atoms with van der Waals surface area (Å²) in [6.07, 6.45) is 3.94. The van der Waals surface area contributed by atoms with Crippen molar-refractivity contribution in [2.75, 3.05) is 24.5 Å². The SMILES string of the molecule is CCNC(=O)[C@@H]1CCCN(c2nn3cc(-c4ccc(C)cc4)nc3s2)C1. The molecule has 1 N–H and O–H groups in total. The molecule has 0 saturated carbocycles. The highest BCUT2D eigenvalue weighted by Gasteiger charge is 2.27. The highest BCUT2D eigenvalue weighted by atomic mass is 32.1. The highest BCUT2D eigenvalue weighted by molar-refractivity contribution is 7.20. The quantitative estimate of drug-likeness (QED) is 0.767. The molecule has 0 spiro atoms. The molecular weight excluding hydrogens is 346 g/mol. The van der Waals surface area contributed by atoms with Gasteiger partial charge >= 0.3 is 0 Å². The molecule has 0 aliphatic carbocycles. The molecule has 0 radical (unpaired) electrons. The van der Waals surface area contributed by atoms with Gasteiger partial charge in [0.2, 0.25) is 16.0 Å². The van der Waals surface area contributed by atoms with Gasteiger partial charge in [-0.2, -0.15) is 0 Å². The Labute approximate surface area is 156 Å². The summed E-state index contributed by atoms with van der Waals surface area (Å²) in [5, 5.41) is 8.59. The van der Waals surface area contributed by atoms with Gasteiger partial charge in [0.15, 0.2) is 0 Å². The van der Waals surface area contributed by atoms with Crippen LogP contribution in [0.5, 0.6) is 0 Å². The number of carbonyl (C=O) groups is 1. The molecule has 1 amide bonds. The molecular formula is C19H23N5OS. The number of imidazole rings is 1. The zero-order valence-corrected chi connectivity index (χ0v) is 15.9. The Balaban J connectivity index is 1.53. The van der Waals surface area contributed by atoms with E-state index in [2.05, 4.69) is 41.4 Å². The Bertz CT molecular complexity index is 882. The van der Waals surface area contributed by atoms with Crippen LogP contribution in [-0.2, 0) is 4.79 Å². The average Bonchev–Trinajstić information content (AvgIpc) is 3.22. The molecule has 3 aromatic rings. The molecule has 4 rings (SSSR count). The molecule has 1 fully saturated rings. The third kappa shape index (κ3) is 3.31. The van der Waals surface area contributed by atoms with Crippen LogP contribution in [0.3, 0.4) is 0 Å². The molecule has 26 heavy (non-hydrogen) atoms. The van der Waals surface area contributed by atoms with E-state index < -0.39 is 0 Å². The van der Waals surface area contributed by atoms with Crippen molar-refractivity contribution in [2.24, 2.45) is 5.92 Å². The summed E-state index contributed by atoms with van der Waals surface area (Å²) in [4.78, 5) is 20.0. The number of nitrogens with zero attached hydrogens (tertiary/aromatic N) is 4. The van der Waals surface area contributed by atoms with Crippen LogP contribution in [0.1, 0.15) is 25.3 Å². The van der Waals surface area contributed by atoms with Gasteiger partial charge in [0.25, 0.3) is 0 Å². The van der Waals surface area contributed by atoms with Crippen molar-refractivity contribution in [3.8, 4) is 11.3 Å². The summed E-state index contributed by atoms with van der Waals surface area (Å²) in [6.45, 7) is 6.39. The Hall–Kier alpha value is -2.41. The summed E-state index contributed by atoms with van der Waals surface area (Å²) < 4.78 is 1.85. The lowest BCUT2D eigenvalue weighted by molar-refractivity contribution is -0.125. The van der Waals surface area contributed by atoms with Gasteiger partial charge in [0, 0.05) is 25.2 Å². The number of rotatable bonds is 4. The van der Waals surface area contributed by atoms with Gasteiger partial charge in [-0.05, 0) is 26.7 Å². The summed E-state index contributed by atoms with van der Waals surface area (Å²) in [7, 11) is 0. The minimum Gasteiger partial charge on any atom is -0.356 e. The summed E-state index contributed by atoms with van der Waals surface area (Å²) in [5.74, 6) is 0.197. The first-order chi connectivity index (χ1) is 12.6. The monoisotopic (exact) mass is 369 g/mol. The predicted octanol–water partition coefficient (Wildman–Crippen LogP) is 3.12. The second kappa shape index (κ2) is 7.07. The lowest BCUT2D eigenvalue weighted by atomic mass is 9.97. The number of aromatic nitrogens is 3. The van der Waals surface area contributed by atoms with Crippen molar-refractivity contribution in [2.45, 2.75) is 26.7 Å². The van der Waals surface area contributed by atoms with Crippen molar-refractivity contribution in [1.82, 2.24) is 19.9 Å². The Morgan fingerprint density at radius 2 is 2.15 bits per heavy atom. The fourth-order valence-corrected chi connectivity index (χ4v) is 4.28. The van der Waals surface area contributed by atoms with Crippen LogP contribution in [0.15, 0.2) is 30.5 Å². The molecule has 0 bridgehead atoms. The van der Waals surface area contributed by atoms with Gasteiger partial charge in [-0.25, -0.2) is 9.50 Å². The maximum Gasteiger partial charge on any atom is 0.224 e. The third-order valence-corrected chi connectivity index (χ3v) is 5.78. The minimum absolute atomic E-state index is 0.0445. The Morgan fingerprint density at radius 3 is 2.88 bits per heavy atom. The van der Waals surface area contributed by atoms with Crippen LogP contribution < -0.4 is 10.2 Å². The largest absolute Gasteiger partial charge is 0.356 e. The number of amides is 1. The van der Waals surface area contributed by atoms with E-state index in [1.54, 1.807) is 11.3 Å². The molecule has 136 valence electrons. The van der Waals surface area contributed by atoms with E-state index in [4.69, 9.17) is 10.1 Å². The smallest absolute Gasteiger partial charge is 0.224 e. The number of piperidine rings is 1. The number of hydrogen-bond acceptors (Lipinski definition) is 5. The zero-order valence-electron chi connectivity index (χ0n) is 15.1. The van der Waals surface area contributed by atoms with Crippen molar-refractivity contribution >= 4 is 27.3 Å². The van der Waals surface area contributed by atoms with E-state index in [1.807, 2.05) is 17.6 Å². The van der Waals surface area contributed by atoms with Crippen LogP contribution >= 0.6 is 11.3 Å². The molecule has 7 heteroatoms. The summed E-state index contributed by atoms with van der Waals surface area (Å²) in [5.41, 5.74) is 3.28. The van der Waals surface area contributed by atoms with E-state index in [1.165, 1.54) is 5.56 Å². The molecule has 2 aromatic heterocycles. The van der Waals surface area contributed by atoms with E-state index >= 15 is 0 Å². The van der Waals surface area contributed by atoms with Gasteiger partial charge in [-0.1, -0.05) is 41.2 Å². The Kier molecular flexibility index (Phi) is 4.63. The topological polar surface area (TPSA) is 62.5 Å². The fourth-order valence-electron chi connectivity index (χ4n) is 3.36. The van der Waals surface area contributed by atoms with E-state index in [-0.39, 0.29) is 11.8 Å². The second-order valence-electron chi connectivity index (χ2n) is 6.78. The van der Waals surface area contributed by atoms with Crippen LogP contribution in [-0.4, -0.2) is 40.1 Å². The number of fused-ring (bicyclic) bond motifs is 1. The van der Waals surface area contributed by atoms with Crippen LogP contribution in [0, 0.1) is 12.8 Å². The van der Waals surface area contributed by atoms with Crippen LogP contribution in [0.2, 0.25) is 0 Å². The third-order valence-electron chi connectivity index (χ3n) is 4.79. The lowest BCUT2D eigenvalue weighted by Gasteiger charge is -2.31. The van der Waals surface area contributed by atoms with E-state index in [9.17, 15) is 4.79 Å². The summed E-state index contributed by atoms with van der Waals surface area (Å²) >= 11 is 1.58. The van der Waals surface area contributed by atoms with Crippen molar-refractivity contribution < 1.29 is 4.79 Å². The van der Waals surface area contributed by atoms with E-state index in [0.717, 1.165) is 47.3 Å². The first-order valence-electron chi connectivity index (χ1n) is 9.10. The van der Waals surface area contributed by atoms with Gasteiger partial charge in [-0.15, -0.1) is 5.10 Å². The molecule has 1 aliphatic rings. The number of anilines is 1. The standard InChI is InChI=1S/C19H23N5OS/c1-3-20-17(25)15-5-4-10-23(11-15)19-22-24-12-16(21-18(24)26-19)14-8-6-13(2)7-9-14/h6-9,12,15H,3-5,10-11H2,1-2H3,(H,20,25)/t15-/m1/s1. The predicted molar refractivity (Wildman–Crippen MR) is 105 cm³/mol. The number of hydrogen-bond donors (Lipinski definition) is 1. The number of nitrogens with one attached hydrogen (secondary N) is 1.